The Morgan fingerprint density at radius 1 is 0.789 bits per heavy atom. The van der Waals surface area contributed by atoms with Gasteiger partial charge in [-0.05, 0) is 12.8 Å². The Hall–Kier alpha value is -0.860. The van der Waals surface area contributed by atoms with Gasteiger partial charge in [-0.15, -0.1) is 0 Å². The van der Waals surface area contributed by atoms with E-state index in [9.17, 15) is 0 Å². The van der Waals surface area contributed by atoms with Gasteiger partial charge in [0.2, 0.25) is 0 Å². The predicted molar refractivity (Wildman–Crippen MR) is 80.1 cm³/mol. The maximum atomic E-state index is 5.89. The Balaban J connectivity index is 2.39. The molecule has 0 bridgehead atoms. The van der Waals surface area contributed by atoms with Gasteiger partial charge in [-0.2, -0.15) is 0 Å². The first-order valence-corrected chi connectivity index (χ1v) is 7.66. The highest BCUT2D eigenvalue weighted by Gasteiger charge is 2.11. The number of benzene rings is 1. The summed E-state index contributed by atoms with van der Waals surface area (Å²) in [7, 11) is 0. The van der Waals surface area contributed by atoms with Gasteiger partial charge in [0.05, 0.1) is 13.2 Å². The average molecular weight is 264 g/mol. The van der Waals surface area contributed by atoms with Crippen LogP contribution in [0.15, 0.2) is 30.3 Å². The molecule has 0 aliphatic rings. The highest BCUT2D eigenvalue weighted by atomic mass is 16.7. The van der Waals surface area contributed by atoms with Gasteiger partial charge >= 0.3 is 0 Å². The zero-order chi connectivity index (χ0) is 13.8. The van der Waals surface area contributed by atoms with E-state index in [1.807, 2.05) is 18.2 Å². The number of unbranched alkanes of at least 4 members (excludes halogenated alkanes) is 4. The minimum absolute atomic E-state index is 0.199. The van der Waals surface area contributed by atoms with E-state index in [2.05, 4.69) is 26.0 Å². The SMILES string of the molecule is CCCCCOC(OCCCCC)c1ccccc1. The third kappa shape index (κ3) is 7.34. The number of ether oxygens (including phenoxy) is 2. The first-order valence-electron chi connectivity index (χ1n) is 7.66. The lowest BCUT2D eigenvalue weighted by Gasteiger charge is -2.19. The zero-order valence-corrected chi connectivity index (χ0v) is 12.4. The van der Waals surface area contributed by atoms with Crippen molar-refractivity contribution in [1.29, 1.82) is 0 Å². The van der Waals surface area contributed by atoms with Crippen LogP contribution in [0.25, 0.3) is 0 Å². The molecule has 0 radical (unpaired) electrons. The Morgan fingerprint density at radius 2 is 1.32 bits per heavy atom. The molecule has 1 aromatic rings. The monoisotopic (exact) mass is 264 g/mol. The summed E-state index contributed by atoms with van der Waals surface area (Å²) < 4.78 is 11.8. The molecule has 0 heterocycles. The number of hydrogen-bond acceptors (Lipinski definition) is 2. The first-order chi connectivity index (χ1) is 9.38. The van der Waals surface area contributed by atoms with E-state index < -0.39 is 0 Å². The summed E-state index contributed by atoms with van der Waals surface area (Å²) in [6, 6.07) is 10.2. The normalized spacial score (nSPS) is 11.1. The Bertz CT molecular complexity index is 285. The van der Waals surface area contributed by atoms with Crippen molar-refractivity contribution in [2.45, 2.75) is 58.7 Å². The number of rotatable bonds is 11. The summed E-state index contributed by atoms with van der Waals surface area (Å²) >= 11 is 0. The molecule has 0 N–H and O–H groups in total. The first kappa shape index (κ1) is 16.2. The summed E-state index contributed by atoms with van der Waals surface area (Å²) in [4.78, 5) is 0. The molecule has 19 heavy (non-hydrogen) atoms. The second-order valence-corrected chi connectivity index (χ2v) is 4.90. The van der Waals surface area contributed by atoms with E-state index in [-0.39, 0.29) is 6.29 Å². The second-order valence-electron chi connectivity index (χ2n) is 4.90. The second kappa shape index (κ2) is 11.0. The fraction of sp³-hybridized carbons (Fsp3) is 0.647. The lowest BCUT2D eigenvalue weighted by Crippen LogP contribution is -2.11. The molecular weight excluding hydrogens is 236 g/mol. The molecule has 0 spiro atoms. The van der Waals surface area contributed by atoms with Crippen LogP contribution in [0.3, 0.4) is 0 Å². The van der Waals surface area contributed by atoms with Crippen LogP contribution in [0.2, 0.25) is 0 Å². The summed E-state index contributed by atoms with van der Waals surface area (Å²) in [6.07, 6.45) is 6.90. The summed E-state index contributed by atoms with van der Waals surface area (Å²) in [5, 5.41) is 0. The van der Waals surface area contributed by atoms with Crippen LogP contribution in [-0.2, 0) is 9.47 Å². The molecule has 0 saturated carbocycles. The van der Waals surface area contributed by atoms with Crippen LogP contribution in [0.4, 0.5) is 0 Å². The van der Waals surface area contributed by atoms with Gasteiger partial charge < -0.3 is 9.47 Å². The highest BCUT2D eigenvalue weighted by molar-refractivity contribution is 5.15. The van der Waals surface area contributed by atoms with Crippen molar-refractivity contribution >= 4 is 0 Å². The van der Waals surface area contributed by atoms with Crippen molar-refractivity contribution in [2.24, 2.45) is 0 Å². The molecule has 108 valence electrons. The molecule has 0 amide bonds. The molecule has 2 heteroatoms. The van der Waals surface area contributed by atoms with Crippen molar-refractivity contribution in [3.05, 3.63) is 35.9 Å². The largest absolute Gasteiger partial charge is 0.348 e. The van der Waals surface area contributed by atoms with E-state index in [1.54, 1.807) is 0 Å². The van der Waals surface area contributed by atoms with Crippen LogP contribution in [0, 0.1) is 0 Å². The highest BCUT2D eigenvalue weighted by Crippen LogP contribution is 2.19. The molecule has 0 aliphatic heterocycles. The molecule has 1 aromatic carbocycles. The minimum atomic E-state index is -0.199. The van der Waals surface area contributed by atoms with E-state index in [0.717, 1.165) is 31.6 Å². The van der Waals surface area contributed by atoms with E-state index in [0.29, 0.717) is 0 Å². The zero-order valence-electron chi connectivity index (χ0n) is 12.4. The summed E-state index contributed by atoms with van der Waals surface area (Å²) in [5.74, 6) is 0. The predicted octanol–water partition coefficient (Wildman–Crippen LogP) is 5.10. The fourth-order valence-electron chi connectivity index (χ4n) is 1.94. The van der Waals surface area contributed by atoms with Crippen LogP contribution < -0.4 is 0 Å². The van der Waals surface area contributed by atoms with Gasteiger partial charge in [0, 0.05) is 5.56 Å². The van der Waals surface area contributed by atoms with Crippen LogP contribution >= 0.6 is 0 Å². The van der Waals surface area contributed by atoms with Gasteiger partial charge in [-0.25, -0.2) is 0 Å². The van der Waals surface area contributed by atoms with E-state index in [1.165, 1.54) is 25.7 Å². The van der Waals surface area contributed by atoms with Crippen molar-refractivity contribution in [3.63, 3.8) is 0 Å². The van der Waals surface area contributed by atoms with Crippen molar-refractivity contribution in [3.8, 4) is 0 Å². The molecule has 1 rings (SSSR count). The third-order valence-corrected chi connectivity index (χ3v) is 3.11. The summed E-state index contributed by atoms with van der Waals surface area (Å²) in [6.45, 7) is 5.97. The topological polar surface area (TPSA) is 18.5 Å². The van der Waals surface area contributed by atoms with Crippen molar-refractivity contribution < 1.29 is 9.47 Å². The van der Waals surface area contributed by atoms with Crippen molar-refractivity contribution in [1.82, 2.24) is 0 Å². The van der Waals surface area contributed by atoms with Crippen LogP contribution in [0.1, 0.15) is 64.2 Å². The maximum Gasteiger partial charge on any atom is 0.183 e. The minimum Gasteiger partial charge on any atom is -0.348 e. The fourth-order valence-corrected chi connectivity index (χ4v) is 1.94. The van der Waals surface area contributed by atoms with Crippen LogP contribution in [0.5, 0.6) is 0 Å². The van der Waals surface area contributed by atoms with Gasteiger partial charge in [-0.1, -0.05) is 69.9 Å². The molecule has 0 aromatic heterocycles. The van der Waals surface area contributed by atoms with E-state index in [4.69, 9.17) is 9.47 Å². The average Bonchev–Trinajstić information content (AvgIpc) is 2.46. The molecule has 0 unspecified atom stereocenters. The molecule has 0 aliphatic carbocycles. The number of hydrogen-bond donors (Lipinski definition) is 0. The van der Waals surface area contributed by atoms with Crippen LogP contribution in [-0.4, -0.2) is 13.2 Å². The molecular formula is C17H28O2. The van der Waals surface area contributed by atoms with E-state index >= 15 is 0 Å². The molecule has 0 fully saturated rings. The standard InChI is InChI=1S/C17H28O2/c1-3-5-10-14-18-17(19-15-11-6-4-2)16-12-8-7-9-13-16/h7-9,12-13,17H,3-6,10-11,14-15H2,1-2H3. The lowest BCUT2D eigenvalue weighted by molar-refractivity contribution is -0.148. The Morgan fingerprint density at radius 3 is 1.79 bits per heavy atom. The Kier molecular flexibility index (Phi) is 9.38. The van der Waals surface area contributed by atoms with Gasteiger partial charge in [0.15, 0.2) is 6.29 Å². The lowest BCUT2D eigenvalue weighted by atomic mass is 10.2. The Labute approximate surface area is 118 Å². The molecule has 2 nitrogen and oxygen atoms in total. The smallest absolute Gasteiger partial charge is 0.183 e. The molecule has 0 atom stereocenters. The third-order valence-electron chi connectivity index (χ3n) is 3.11. The maximum absolute atomic E-state index is 5.89. The summed E-state index contributed by atoms with van der Waals surface area (Å²) in [5.41, 5.74) is 1.12. The molecule has 0 saturated heterocycles. The van der Waals surface area contributed by atoms with Crippen molar-refractivity contribution in [2.75, 3.05) is 13.2 Å². The van der Waals surface area contributed by atoms with Gasteiger partial charge in [-0.3, -0.25) is 0 Å². The quantitative estimate of drug-likeness (QED) is 0.409. The van der Waals surface area contributed by atoms with Gasteiger partial charge in [0.1, 0.15) is 0 Å². The van der Waals surface area contributed by atoms with Gasteiger partial charge in [0.25, 0.3) is 0 Å².